The standard InChI is InChI=1S/C11H20N4O/c1-4-8(5-2)6-13-11(16)9-7-14-15(3)10(9)12/h7-8H,4-6,12H2,1-3H3,(H,13,16). The Labute approximate surface area is 96.0 Å². The number of nitrogens with two attached hydrogens (primary N) is 1. The second-order valence-corrected chi connectivity index (χ2v) is 3.96. The highest BCUT2D eigenvalue weighted by Crippen LogP contribution is 2.10. The summed E-state index contributed by atoms with van der Waals surface area (Å²) in [5.41, 5.74) is 6.17. The van der Waals surface area contributed by atoms with E-state index < -0.39 is 0 Å². The van der Waals surface area contributed by atoms with Gasteiger partial charge in [0.15, 0.2) is 0 Å². The van der Waals surface area contributed by atoms with Gasteiger partial charge in [-0.1, -0.05) is 26.7 Å². The molecule has 90 valence electrons. The predicted octanol–water partition coefficient (Wildman–Crippen LogP) is 1.17. The van der Waals surface area contributed by atoms with Crippen molar-refractivity contribution in [3.8, 4) is 0 Å². The van der Waals surface area contributed by atoms with Crippen LogP contribution in [0.25, 0.3) is 0 Å². The Morgan fingerprint density at radius 1 is 1.56 bits per heavy atom. The molecule has 3 N–H and O–H groups in total. The molecule has 1 aromatic heterocycles. The number of carbonyl (C=O) groups is 1. The third-order valence-corrected chi connectivity index (χ3v) is 2.94. The van der Waals surface area contributed by atoms with Crippen molar-refractivity contribution >= 4 is 11.7 Å². The van der Waals surface area contributed by atoms with Gasteiger partial charge in [-0.2, -0.15) is 5.10 Å². The molecule has 1 rings (SSSR count). The van der Waals surface area contributed by atoms with Crippen molar-refractivity contribution in [3.05, 3.63) is 11.8 Å². The van der Waals surface area contributed by atoms with E-state index in [1.54, 1.807) is 7.05 Å². The number of aromatic nitrogens is 2. The lowest BCUT2D eigenvalue weighted by atomic mass is 10.0. The molecule has 0 spiro atoms. The Kier molecular flexibility index (Phi) is 4.34. The number of nitrogen functional groups attached to an aromatic ring is 1. The number of nitrogens with zero attached hydrogens (tertiary/aromatic N) is 2. The maximum absolute atomic E-state index is 11.8. The molecular formula is C11H20N4O. The molecule has 0 aromatic carbocycles. The van der Waals surface area contributed by atoms with Gasteiger partial charge in [-0.3, -0.25) is 9.48 Å². The van der Waals surface area contributed by atoms with Crippen LogP contribution in [-0.4, -0.2) is 22.2 Å². The molecule has 0 aliphatic carbocycles. The molecule has 0 atom stereocenters. The number of carbonyl (C=O) groups excluding carboxylic acids is 1. The Bertz CT molecular complexity index is 355. The normalized spacial score (nSPS) is 10.8. The first-order valence-electron chi connectivity index (χ1n) is 5.65. The SMILES string of the molecule is CCC(CC)CNC(=O)c1cnn(C)c1N. The number of hydrogen-bond acceptors (Lipinski definition) is 3. The fraction of sp³-hybridized carbons (Fsp3) is 0.636. The second-order valence-electron chi connectivity index (χ2n) is 3.96. The Balaban J connectivity index is 2.56. The van der Waals surface area contributed by atoms with Gasteiger partial charge in [0.05, 0.1) is 6.20 Å². The van der Waals surface area contributed by atoms with Gasteiger partial charge in [0, 0.05) is 13.6 Å². The lowest BCUT2D eigenvalue weighted by molar-refractivity contribution is 0.0947. The van der Waals surface area contributed by atoms with Gasteiger partial charge >= 0.3 is 0 Å². The van der Waals surface area contributed by atoms with Crippen molar-refractivity contribution in [1.82, 2.24) is 15.1 Å². The second kappa shape index (κ2) is 5.53. The summed E-state index contributed by atoms with van der Waals surface area (Å²) in [6.07, 6.45) is 3.64. The van der Waals surface area contributed by atoms with Crippen LogP contribution in [0.5, 0.6) is 0 Å². The summed E-state index contributed by atoms with van der Waals surface area (Å²) in [4.78, 5) is 11.8. The van der Waals surface area contributed by atoms with Crippen molar-refractivity contribution in [2.45, 2.75) is 26.7 Å². The largest absolute Gasteiger partial charge is 0.383 e. The molecule has 0 unspecified atom stereocenters. The molecule has 0 fully saturated rings. The minimum absolute atomic E-state index is 0.141. The Morgan fingerprint density at radius 3 is 2.62 bits per heavy atom. The van der Waals surface area contributed by atoms with Gasteiger partial charge in [0.1, 0.15) is 11.4 Å². The number of rotatable bonds is 5. The van der Waals surface area contributed by atoms with Gasteiger partial charge in [0.2, 0.25) is 0 Å². The first-order chi connectivity index (χ1) is 7.60. The first kappa shape index (κ1) is 12.5. The van der Waals surface area contributed by atoms with Crippen molar-refractivity contribution < 1.29 is 4.79 Å². The average molecular weight is 224 g/mol. The zero-order valence-corrected chi connectivity index (χ0v) is 10.2. The van der Waals surface area contributed by atoms with Gasteiger partial charge < -0.3 is 11.1 Å². The molecule has 0 saturated heterocycles. The van der Waals surface area contributed by atoms with Crippen LogP contribution in [-0.2, 0) is 7.05 Å². The van der Waals surface area contributed by atoms with Crippen LogP contribution in [0.2, 0.25) is 0 Å². The smallest absolute Gasteiger partial charge is 0.256 e. The maximum atomic E-state index is 11.8. The molecule has 0 radical (unpaired) electrons. The first-order valence-corrected chi connectivity index (χ1v) is 5.65. The summed E-state index contributed by atoms with van der Waals surface area (Å²) in [5, 5.41) is 6.82. The van der Waals surface area contributed by atoms with Crippen LogP contribution in [0.4, 0.5) is 5.82 Å². The number of aryl methyl sites for hydroxylation is 1. The maximum Gasteiger partial charge on any atom is 0.256 e. The minimum Gasteiger partial charge on any atom is -0.383 e. The molecule has 0 aliphatic heterocycles. The van der Waals surface area contributed by atoms with E-state index in [0.29, 0.717) is 23.8 Å². The van der Waals surface area contributed by atoms with E-state index >= 15 is 0 Å². The summed E-state index contributed by atoms with van der Waals surface area (Å²) in [5.74, 6) is 0.793. The van der Waals surface area contributed by atoms with Crippen LogP contribution >= 0.6 is 0 Å². The van der Waals surface area contributed by atoms with Crippen molar-refractivity contribution in [3.63, 3.8) is 0 Å². The van der Waals surface area contributed by atoms with Crippen molar-refractivity contribution in [2.24, 2.45) is 13.0 Å². The van der Waals surface area contributed by atoms with Crippen LogP contribution in [0.3, 0.4) is 0 Å². The summed E-state index contributed by atoms with van der Waals surface area (Å²) in [6, 6.07) is 0. The highest BCUT2D eigenvalue weighted by Gasteiger charge is 2.14. The molecule has 5 nitrogen and oxygen atoms in total. The average Bonchev–Trinajstić information content (AvgIpc) is 2.61. The number of amides is 1. The van der Waals surface area contributed by atoms with Crippen molar-refractivity contribution in [2.75, 3.05) is 12.3 Å². The van der Waals surface area contributed by atoms with E-state index in [1.165, 1.54) is 10.9 Å². The van der Waals surface area contributed by atoms with Gasteiger partial charge in [-0.15, -0.1) is 0 Å². The topological polar surface area (TPSA) is 72.9 Å². The van der Waals surface area contributed by atoms with Crippen LogP contribution in [0, 0.1) is 5.92 Å². The number of anilines is 1. The van der Waals surface area contributed by atoms with E-state index in [2.05, 4.69) is 24.3 Å². The van der Waals surface area contributed by atoms with Gasteiger partial charge in [0.25, 0.3) is 5.91 Å². The summed E-state index contributed by atoms with van der Waals surface area (Å²) in [6.45, 7) is 4.94. The molecule has 1 aromatic rings. The highest BCUT2D eigenvalue weighted by molar-refractivity contribution is 5.98. The molecule has 0 bridgehead atoms. The number of hydrogen-bond donors (Lipinski definition) is 2. The molecule has 0 saturated carbocycles. The quantitative estimate of drug-likeness (QED) is 0.788. The van der Waals surface area contributed by atoms with E-state index in [4.69, 9.17) is 5.73 Å². The third kappa shape index (κ3) is 2.74. The highest BCUT2D eigenvalue weighted by atomic mass is 16.1. The molecule has 5 heteroatoms. The predicted molar refractivity (Wildman–Crippen MR) is 64.0 cm³/mol. The molecular weight excluding hydrogens is 204 g/mol. The third-order valence-electron chi connectivity index (χ3n) is 2.94. The Hall–Kier alpha value is -1.52. The zero-order chi connectivity index (χ0) is 12.1. The van der Waals surface area contributed by atoms with Crippen LogP contribution < -0.4 is 11.1 Å². The van der Waals surface area contributed by atoms with Crippen LogP contribution in [0.15, 0.2) is 6.20 Å². The van der Waals surface area contributed by atoms with Crippen LogP contribution in [0.1, 0.15) is 37.0 Å². The van der Waals surface area contributed by atoms with Crippen molar-refractivity contribution in [1.29, 1.82) is 0 Å². The zero-order valence-electron chi connectivity index (χ0n) is 10.2. The van der Waals surface area contributed by atoms with E-state index in [-0.39, 0.29) is 5.91 Å². The molecule has 16 heavy (non-hydrogen) atoms. The van der Waals surface area contributed by atoms with Gasteiger partial charge in [-0.05, 0) is 5.92 Å². The summed E-state index contributed by atoms with van der Waals surface area (Å²) in [7, 11) is 1.72. The molecule has 1 amide bonds. The van der Waals surface area contributed by atoms with E-state index in [9.17, 15) is 4.79 Å². The Morgan fingerprint density at radius 2 is 2.19 bits per heavy atom. The fourth-order valence-electron chi connectivity index (χ4n) is 1.53. The summed E-state index contributed by atoms with van der Waals surface area (Å²) >= 11 is 0. The lowest BCUT2D eigenvalue weighted by Crippen LogP contribution is -2.29. The number of nitrogens with one attached hydrogen (secondary N) is 1. The van der Waals surface area contributed by atoms with E-state index in [0.717, 1.165) is 12.8 Å². The summed E-state index contributed by atoms with van der Waals surface area (Å²) < 4.78 is 1.49. The van der Waals surface area contributed by atoms with E-state index in [1.807, 2.05) is 0 Å². The minimum atomic E-state index is -0.141. The van der Waals surface area contributed by atoms with Gasteiger partial charge in [-0.25, -0.2) is 0 Å². The molecule has 1 heterocycles. The lowest BCUT2D eigenvalue weighted by Gasteiger charge is -2.12. The molecule has 0 aliphatic rings. The fourth-order valence-corrected chi connectivity index (χ4v) is 1.53. The monoisotopic (exact) mass is 224 g/mol.